The summed E-state index contributed by atoms with van der Waals surface area (Å²) in [5.41, 5.74) is 6.27. The average Bonchev–Trinajstić information content (AvgIpc) is 3.21. The van der Waals surface area contributed by atoms with Crippen LogP contribution in [0.15, 0.2) is 36.9 Å². The van der Waals surface area contributed by atoms with Crippen molar-refractivity contribution in [1.82, 2.24) is 25.7 Å². The van der Waals surface area contributed by atoms with Gasteiger partial charge in [0.15, 0.2) is 0 Å². The van der Waals surface area contributed by atoms with Crippen LogP contribution in [0.1, 0.15) is 28.8 Å². The summed E-state index contributed by atoms with van der Waals surface area (Å²) >= 11 is 0. The highest BCUT2D eigenvalue weighted by Crippen LogP contribution is 2.18. The fourth-order valence-corrected chi connectivity index (χ4v) is 2.17. The van der Waals surface area contributed by atoms with Crippen molar-refractivity contribution in [1.29, 1.82) is 0 Å². The van der Waals surface area contributed by atoms with E-state index < -0.39 is 17.7 Å². The third kappa shape index (κ3) is 3.60. The number of nitrogens with zero attached hydrogens (tertiary/aromatic N) is 2. The van der Waals surface area contributed by atoms with Crippen LogP contribution >= 0.6 is 0 Å². The fourth-order valence-electron chi connectivity index (χ4n) is 2.17. The Balaban J connectivity index is 1.69. The highest BCUT2D eigenvalue weighted by Gasteiger charge is 2.26. The van der Waals surface area contributed by atoms with Crippen LogP contribution in [-0.4, -0.2) is 33.3 Å². The van der Waals surface area contributed by atoms with Gasteiger partial charge in [-0.1, -0.05) is 11.6 Å². The maximum Gasteiger partial charge on any atom is 0.327 e. The van der Waals surface area contributed by atoms with E-state index in [-0.39, 0.29) is 6.04 Å². The molecule has 0 radical (unpaired) electrons. The summed E-state index contributed by atoms with van der Waals surface area (Å²) in [7, 11) is 0. The van der Waals surface area contributed by atoms with E-state index in [1.165, 1.54) is 0 Å². The van der Waals surface area contributed by atoms with Crippen LogP contribution in [-0.2, 0) is 9.59 Å². The molecule has 3 rings (SSSR count). The predicted octanol–water partition coefficient (Wildman–Crippen LogP) is 0.220. The number of amides is 3. The maximum atomic E-state index is 12.4. The second-order valence-electron chi connectivity index (χ2n) is 5.65. The van der Waals surface area contributed by atoms with E-state index in [1.807, 2.05) is 13.0 Å². The molecule has 1 aliphatic rings. The van der Waals surface area contributed by atoms with Crippen molar-refractivity contribution >= 4 is 17.7 Å². The molecular weight excluding hydrogens is 310 g/mol. The number of carbonyl (C=O) groups excluding carboxylic acids is 3. The molecule has 1 fully saturated rings. The number of rotatable bonds is 3. The minimum absolute atomic E-state index is 0.0727. The van der Waals surface area contributed by atoms with Gasteiger partial charge in [0, 0.05) is 18.4 Å². The van der Waals surface area contributed by atoms with Crippen molar-refractivity contribution in [3.8, 4) is 5.69 Å². The van der Waals surface area contributed by atoms with Crippen molar-refractivity contribution in [2.45, 2.75) is 25.8 Å². The highest BCUT2D eigenvalue weighted by molar-refractivity contribution is 6.35. The summed E-state index contributed by atoms with van der Waals surface area (Å²) in [6.45, 7) is 1.86. The number of hydrazine groups is 1. The number of imidazole rings is 1. The van der Waals surface area contributed by atoms with Crippen molar-refractivity contribution in [2.75, 3.05) is 0 Å². The Morgan fingerprint density at radius 1 is 1.17 bits per heavy atom. The van der Waals surface area contributed by atoms with Gasteiger partial charge in [-0.15, -0.1) is 0 Å². The molecule has 8 heteroatoms. The van der Waals surface area contributed by atoms with Gasteiger partial charge in [0.25, 0.3) is 5.91 Å². The monoisotopic (exact) mass is 327 g/mol. The molecule has 0 bridgehead atoms. The Kier molecular flexibility index (Phi) is 4.28. The molecule has 1 aliphatic carbocycles. The topological polar surface area (TPSA) is 105 Å². The average molecular weight is 327 g/mol. The lowest BCUT2D eigenvalue weighted by Gasteiger charge is -2.12. The van der Waals surface area contributed by atoms with E-state index in [0.717, 1.165) is 18.4 Å². The van der Waals surface area contributed by atoms with Gasteiger partial charge < -0.3 is 9.88 Å². The minimum Gasteiger partial charge on any atom is -0.345 e. The second kappa shape index (κ2) is 6.53. The first-order chi connectivity index (χ1) is 11.5. The van der Waals surface area contributed by atoms with Crippen molar-refractivity contribution in [2.24, 2.45) is 0 Å². The van der Waals surface area contributed by atoms with Crippen LogP contribution in [0.3, 0.4) is 0 Å². The van der Waals surface area contributed by atoms with Crippen LogP contribution < -0.4 is 16.2 Å². The molecule has 1 aromatic carbocycles. The van der Waals surface area contributed by atoms with Gasteiger partial charge in [-0.05, 0) is 31.9 Å². The largest absolute Gasteiger partial charge is 0.345 e. The van der Waals surface area contributed by atoms with Crippen LogP contribution in [0.4, 0.5) is 0 Å². The fraction of sp³-hybridized carbons (Fsp3) is 0.250. The van der Waals surface area contributed by atoms with Gasteiger partial charge in [-0.25, -0.2) is 4.98 Å². The van der Waals surface area contributed by atoms with E-state index in [0.29, 0.717) is 11.3 Å². The molecule has 0 unspecified atom stereocenters. The summed E-state index contributed by atoms with van der Waals surface area (Å²) in [4.78, 5) is 39.6. The molecule has 2 aromatic rings. The standard InChI is InChI=1S/C16H17N5O3/c1-10-2-5-13(21-7-6-17-9-21)12(8-10)14(22)19-20-16(24)15(23)18-11-3-4-11/h2,5-9,11H,3-4H2,1H3,(H,18,23)(H,19,22)(H,20,24). The Labute approximate surface area is 138 Å². The molecule has 0 spiro atoms. The van der Waals surface area contributed by atoms with E-state index in [9.17, 15) is 14.4 Å². The molecule has 1 aromatic heterocycles. The zero-order chi connectivity index (χ0) is 17.1. The van der Waals surface area contributed by atoms with Crippen molar-refractivity contribution in [3.63, 3.8) is 0 Å². The third-order valence-corrected chi connectivity index (χ3v) is 3.59. The number of hydrogen-bond donors (Lipinski definition) is 3. The Morgan fingerprint density at radius 2 is 1.96 bits per heavy atom. The van der Waals surface area contributed by atoms with Crippen LogP contribution in [0, 0.1) is 6.92 Å². The number of carbonyl (C=O) groups is 3. The molecular formula is C16H17N5O3. The zero-order valence-corrected chi connectivity index (χ0v) is 13.1. The third-order valence-electron chi connectivity index (χ3n) is 3.59. The molecule has 0 aliphatic heterocycles. The molecule has 0 atom stereocenters. The molecule has 3 N–H and O–H groups in total. The zero-order valence-electron chi connectivity index (χ0n) is 13.1. The van der Waals surface area contributed by atoms with Crippen LogP contribution in [0.25, 0.3) is 5.69 Å². The molecule has 0 saturated heterocycles. The van der Waals surface area contributed by atoms with Gasteiger partial charge in [0.1, 0.15) is 0 Å². The van der Waals surface area contributed by atoms with Crippen LogP contribution in [0.2, 0.25) is 0 Å². The summed E-state index contributed by atoms with van der Waals surface area (Å²) in [6.07, 6.45) is 6.64. The van der Waals surface area contributed by atoms with Crippen molar-refractivity contribution < 1.29 is 14.4 Å². The van der Waals surface area contributed by atoms with Gasteiger partial charge >= 0.3 is 11.8 Å². The SMILES string of the molecule is Cc1ccc(-n2ccnc2)c(C(=O)NNC(=O)C(=O)NC2CC2)c1. The van der Waals surface area contributed by atoms with Crippen LogP contribution in [0.5, 0.6) is 0 Å². The molecule has 8 nitrogen and oxygen atoms in total. The summed E-state index contributed by atoms with van der Waals surface area (Å²) in [5.74, 6) is -2.17. The summed E-state index contributed by atoms with van der Waals surface area (Å²) < 4.78 is 1.69. The van der Waals surface area contributed by atoms with Gasteiger partial charge in [-0.3, -0.25) is 25.2 Å². The van der Waals surface area contributed by atoms with E-state index in [4.69, 9.17) is 0 Å². The smallest absolute Gasteiger partial charge is 0.327 e. The number of aromatic nitrogens is 2. The molecule has 1 heterocycles. The summed E-state index contributed by atoms with van der Waals surface area (Å²) in [6, 6.07) is 5.42. The molecule has 3 amide bonds. The first-order valence-corrected chi connectivity index (χ1v) is 7.55. The first-order valence-electron chi connectivity index (χ1n) is 7.55. The number of aryl methyl sites for hydroxylation is 1. The quantitative estimate of drug-likeness (QED) is 0.554. The Bertz CT molecular complexity index is 781. The predicted molar refractivity (Wildman–Crippen MR) is 85.1 cm³/mol. The number of hydrogen-bond acceptors (Lipinski definition) is 4. The lowest BCUT2D eigenvalue weighted by Crippen LogP contribution is -2.49. The summed E-state index contributed by atoms with van der Waals surface area (Å²) in [5, 5.41) is 2.55. The van der Waals surface area contributed by atoms with E-state index in [2.05, 4.69) is 21.2 Å². The maximum absolute atomic E-state index is 12.4. The first kappa shape index (κ1) is 15.7. The highest BCUT2D eigenvalue weighted by atomic mass is 16.2. The number of benzene rings is 1. The number of nitrogens with one attached hydrogen (secondary N) is 3. The van der Waals surface area contributed by atoms with Crippen molar-refractivity contribution in [3.05, 3.63) is 48.0 Å². The van der Waals surface area contributed by atoms with E-state index >= 15 is 0 Å². The molecule has 1 saturated carbocycles. The second-order valence-corrected chi connectivity index (χ2v) is 5.65. The Hall–Kier alpha value is -3.16. The minimum atomic E-state index is -0.896. The Morgan fingerprint density at radius 3 is 2.62 bits per heavy atom. The lowest BCUT2D eigenvalue weighted by molar-refractivity contribution is -0.139. The lowest BCUT2D eigenvalue weighted by atomic mass is 10.1. The van der Waals surface area contributed by atoms with Gasteiger partial charge in [-0.2, -0.15) is 0 Å². The van der Waals surface area contributed by atoms with Gasteiger partial charge in [0.05, 0.1) is 17.6 Å². The normalized spacial score (nSPS) is 13.2. The van der Waals surface area contributed by atoms with E-state index in [1.54, 1.807) is 35.4 Å². The van der Waals surface area contributed by atoms with Gasteiger partial charge in [0.2, 0.25) is 0 Å². The molecule has 24 heavy (non-hydrogen) atoms. The molecule has 124 valence electrons.